The Morgan fingerprint density at radius 2 is 2.17 bits per heavy atom. The van der Waals surface area contributed by atoms with Crippen molar-refractivity contribution in [2.75, 3.05) is 0 Å². The van der Waals surface area contributed by atoms with Gasteiger partial charge in [-0.15, -0.1) is 0 Å². The van der Waals surface area contributed by atoms with Gasteiger partial charge in [-0.25, -0.2) is 0 Å². The van der Waals surface area contributed by atoms with E-state index in [4.69, 9.17) is 0 Å². The van der Waals surface area contributed by atoms with E-state index in [1.807, 2.05) is 6.08 Å². The number of carbonyl (C=O) groups excluding carboxylic acids is 2. The topological polar surface area (TPSA) is 43.4 Å². The average Bonchev–Trinajstić information content (AvgIpc) is 2.29. The van der Waals surface area contributed by atoms with Crippen LogP contribution in [-0.4, -0.2) is 11.9 Å². The highest BCUT2D eigenvalue weighted by Crippen LogP contribution is 2.39. The van der Waals surface area contributed by atoms with E-state index in [0.717, 1.165) is 17.3 Å². The van der Waals surface area contributed by atoms with E-state index in [1.54, 1.807) is 0 Å². The summed E-state index contributed by atoms with van der Waals surface area (Å²) in [5.41, 5.74) is 0. The molecule has 2 atom stereocenters. The van der Waals surface area contributed by atoms with E-state index >= 15 is 0 Å². The van der Waals surface area contributed by atoms with Crippen molar-refractivity contribution in [2.45, 2.75) is 12.8 Å². The molecular weight excluding hydrogens is 224 g/mol. The minimum absolute atomic E-state index is 0.239. The van der Waals surface area contributed by atoms with Gasteiger partial charge in [-0.1, -0.05) is 22.0 Å². The third-order valence-corrected chi connectivity index (χ3v) is 3.09. The first-order valence-electron chi connectivity index (χ1n) is 3.81. The van der Waals surface area contributed by atoms with Crippen molar-refractivity contribution < 1.29 is 14.3 Å². The van der Waals surface area contributed by atoms with E-state index in [2.05, 4.69) is 20.7 Å². The zero-order valence-corrected chi connectivity index (χ0v) is 7.83. The second-order valence-corrected chi connectivity index (χ2v) is 3.91. The monoisotopic (exact) mass is 230 g/mol. The van der Waals surface area contributed by atoms with Gasteiger partial charge in [-0.3, -0.25) is 9.59 Å². The zero-order valence-electron chi connectivity index (χ0n) is 6.25. The lowest BCUT2D eigenvalue weighted by molar-refractivity contribution is -0.153. The Morgan fingerprint density at radius 1 is 1.42 bits per heavy atom. The van der Waals surface area contributed by atoms with Crippen LogP contribution in [0.5, 0.6) is 0 Å². The van der Waals surface area contributed by atoms with Crippen molar-refractivity contribution in [3.05, 3.63) is 10.6 Å². The molecule has 4 heteroatoms. The Morgan fingerprint density at radius 3 is 2.83 bits per heavy atom. The average molecular weight is 231 g/mol. The Bertz CT molecular complexity index is 282. The molecule has 64 valence electrons. The first-order valence-corrected chi connectivity index (χ1v) is 4.60. The molecule has 0 bridgehead atoms. The van der Waals surface area contributed by atoms with Crippen LogP contribution in [0.3, 0.4) is 0 Å². The standard InChI is InChI=1S/C8H7BrO3/c9-5-3-1-2-4-6(5)8(11)12-7(4)10/h3-4,6H,1-2H2. The molecule has 1 fully saturated rings. The summed E-state index contributed by atoms with van der Waals surface area (Å²) in [6.07, 6.45) is 3.50. The van der Waals surface area contributed by atoms with Crippen LogP contribution in [0.1, 0.15) is 12.8 Å². The van der Waals surface area contributed by atoms with Crippen LogP contribution in [0.15, 0.2) is 10.6 Å². The quantitative estimate of drug-likeness (QED) is 0.467. The van der Waals surface area contributed by atoms with E-state index in [9.17, 15) is 9.59 Å². The lowest BCUT2D eigenvalue weighted by Crippen LogP contribution is -2.20. The fraction of sp³-hybridized carbons (Fsp3) is 0.500. The van der Waals surface area contributed by atoms with Gasteiger partial charge in [-0.2, -0.15) is 0 Å². The molecular formula is C8H7BrO3. The number of carbonyl (C=O) groups is 2. The zero-order chi connectivity index (χ0) is 8.72. The summed E-state index contributed by atoms with van der Waals surface area (Å²) in [7, 11) is 0. The molecule has 2 unspecified atom stereocenters. The van der Waals surface area contributed by atoms with Crippen LogP contribution in [0.4, 0.5) is 0 Å². The number of esters is 2. The number of hydrogen-bond donors (Lipinski definition) is 0. The number of fused-ring (bicyclic) bond motifs is 1. The smallest absolute Gasteiger partial charge is 0.322 e. The number of allylic oxidation sites excluding steroid dienone is 1. The summed E-state index contributed by atoms with van der Waals surface area (Å²) < 4.78 is 5.33. The molecule has 2 rings (SSSR count). The maximum absolute atomic E-state index is 11.1. The second kappa shape index (κ2) is 2.69. The van der Waals surface area contributed by atoms with Crippen molar-refractivity contribution in [1.82, 2.24) is 0 Å². The van der Waals surface area contributed by atoms with Gasteiger partial charge in [0.05, 0.1) is 5.92 Å². The largest absolute Gasteiger partial charge is 0.392 e. The maximum atomic E-state index is 11.1. The summed E-state index contributed by atoms with van der Waals surface area (Å²) in [6, 6.07) is 0. The third-order valence-electron chi connectivity index (χ3n) is 2.27. The van der Waals surface area contributed by atoms with Crippen molar-refractivity contribution in [2.24, 2.45) is 11.8 Å². The van der Waals surface area contributed by atoms with Gasteiger partial charge >= 0.3 is 11.9 Å². The van der Waals surface area contributed by atoms with Gasteiger partial charge < -0.3 is 4.74 Å². The third kappa shape index (κ3) is 1.02. The summed E-state index contributed by atoms with van der Waals surface area (Å²) >= 11 is 3.27. The maximum Gasteiger partial charge on any atom is 0.322 e. The molecule has 0 aromatic carbocycles. The highest BCUT2D eigenvalue weighted by atomic mass is 79.9. The molecule has 3 nitrogen and oxygen atoms in total. The number of cyclic esters (lactones) is 2. The molecule has 0 N–H and O–H groups in total. The fourth-order valence-corrected chi connectivity index (χ4v) is 2.39. The highest BCUT2D eigenvalue weighted by molar-refractivity contribution is 9.11. The molecule has 0 saturated carbocycles. The van der Waals surface area contributed by atoms with Crippen LogP contribution < -0.4 is 0 Å². The predicted molar refractivity (Wildman–Crippen MR) is 44.3 cm³/mol. The Balaban J connectivity index is 2.36. The molecule has 1 aliphatic carbocycles. The first kappa shape index (κ1) is 7.98. The summed E-state index contributed by atoms with van der Waals surface area (Å²) in [6.45, 7) is 0. The summed E-state index contributed by atoms with van der Waals surface area (Å²) in [5.74, 6) is -1.37. The highest BCUT2D eigenvalue weighted by Gasteiger charge is 2.46. The predicted octanol–water partition coefficient (Wildman–Crippen LogP) is 1.37. The minimum Gasteiger partial charge on any atom is -0.392 e. The molecule has 1 heterocycles. The van der Waals surface area contributed by atoms with Crippen LogP contribution >= 0.6 is 15.9 Å². The number of rotatable bonds is 0. The Hall–Kier alpha value is -0.640. The van der Waals surface area contributed by atoms with Gasteiger partial charge in [0, 0.05) is 4.48 Å². The number of halogens is 1. The summed E-state index contributed by atoms with van der Waals surface area (Å²) in [4.78, 5) is 22.2. The SMILES string of the molecule is O=C1OC(=O)C2C(Br)=CCCC12. The molecule has 0 aromatic rings. The Labute approximate surface area is 77.9 Å². The summed E-state index contributed by atoms with van der Waals surface area (Å²) in [5, 5.41) is 0. The molecule has 2 aliphatic rings. The van der Waals surface area contributed by atoms with Crippen LogP contribution in [-0.2, 0) is 14.3 Å². The number of ether oxygens (including phenoxy) is 1. The van der Waals surface area contributed by atoms with E-state index < -0.39 is 5.97 Å². The minimum atomic E-state index is -0.409. The molecule has 0 amide bonds. The van der Waals surface area contributed by atoms with Crippen molar-refractivity contribution >= 4 is 27.9 Å². The van der Waals surface area contributed by atoms with E-state index in [-0.39, 0.29) is 17.8 Å². The second-order valence-electron chi connectivity index (χ2n) is 2.99. The normalized spacial score (nSPS) is 34.2. The Kier molecular flexibility index (Phi) is 1.79. The molecule has 0 aromatic heterocycles. The van der Waals surface area contributed by atoms with Crippen LogP contribution in [0.25, 0.3) is 0 Å². The van der Waals surface area contributed by atoms with Crippen molar-refractivity contribution in [1.29, 1.82) is 0 Å². The van der Waals surface area contributed by atoms with E-state index in [0.29, 0.717) is 0 Å². The molecule has 12 heavy (non-hydrogen) atoms. The van der Waals surface area contributed by atoms with Crippen LogP contribution in [0, 0.1) is 11.8 Å². The van der Waals surface area contributed by atoms with Gasteiger partial charge in [0.25, 0.3) is 0 Å². The number of hydrogen-bond acceptors (Lipinski definition) is 3. The fourth-order valence-electron chi connectivity index (χ4n) is 1.66. The molecule has 1 saturated heterocycles. The van der Waals surface area contributed by atoms with Crippen molar-refractivity contribution in [3.63, 3.8) is 0 Å². The molecule has 0 spiro atoms. The van der Waals surface area contributed by atoms with Gasteiger partial charge in [-0.05, 0) is 12.8 Å². The van der Waals surface area contributed by atoms with E-state index in [1.165, 1.54) is 0 Å². The lowest BCUT2D eigenvalue weighted by Gasteiger charge is -2.16. The lowest BCUT2D eigenvalue weighted by atomic mass is 9.86. The van der Waals surface area contributed by atoms with Gasteiger partial charge in [0.1, 0.15) is 5.92 Å². The molecule has 0 radical (unpaired) electrons. The van der Waals surface area contributed by atoms with Gasteiger partial charge in [0.2, 0.25) is 0 Å². The molecule has 1 aliphatic heterocycles. The first-order chi connectivity index (χ1) is 5.70. The van der Waals surface area contributed by atoms with Crippen LogP contribution in [0.2, 0.25) is 0 Å². The van der Waals surface area contributed by atoms with Gasteiger partial charge in [0.15, 0.2) is 0 Å². The van der Waals surface area contributed by atoms with Crippen molar-refractivity contribution in [3.8, 4) is 0 Å².